The smallest absolute Gasteiger partial charge is 0.348 e. The van der Waals surface area contributed by atoms with Gasteiger partial charge in [0.15, 0.2) is 6.10 Å². The van der Waals surface area contributed by atoms with E-state index in [4.69, 9.17) is 14.2 Å². The molecule has 2 unspecified atom stereocenters. The summed E-state index contributed by atoms with van der Waals surface area (Å²) in [5.74, 6) is 0.374. The van der Waals surface area contributed by atoms with E-state index in [0.29, 0.717) is 18.0 Å². The van der Waals surface area contributed by atoms with Crippen LogP contribution in [0.15, 0.2) is 90.3 Å². The molecule has 0 saturated heterocycles. The Morgan fingerprint density at radius 1 is 0.974 bits per heavy atom. The van der Waals surface area contributed by atoms with Crippen LogP contribution in [-0.2, 0) is 22.4 Å². The first kappa shape index (κ1) is 26.0. The Hall–Kier alpha value is -3.61. The Labute approximate surface area is 228 Å². The monoisotopic (exact) mass is 527 g/mol. The van der Waals surface area contributed by atoms with Crippen LogP contribution in [0.5, 0.6) is 5.75 Å². The molecule has 196 valence electrons. The van der Waals surface area contributed by atoms with Crippen LogP contribution in [0.2, 0.25) is 0 Å². The van der Waals surface area contributed by atoms with Gasteiger partial charge in [-0.1, -0.05) is 66.2 Å². The Bertz CT molecular complexity index is 1350. The van der Waals surface area contributed by atoms with E-state index in [1.165, 1.54) is 28.0 Å². The van der Waals surface area contributed by atoms with Crippen molar-refractivity contribution in [1.82, 2.24) is 0 Å². The highest BCUT2D eigenvalue weighted by Gasteiger charge is 2.47. The topological polar surface area (TPSA) is 56.8 Å². The summed E-state index contributed by atoms with van der Waals surface area (Å²) in [6.45, 7) is 7.15. The van der Waals surface area contributed by atoms with Crippen molar-refractivity contribution in [2.24, 2.45) is 0 Å². The number of aryl methyl sites for hydroxylation is 1. The van der Waals surface area contributed by atoms with Crippen LogP contribution in [0.25, 0.3) is 0 Å². The third kappa shape index (κ3) is 6.09. The van der Waals surface area contributed by atoms with Crippen LogP contribution in [0.3, 0.4) is 0 Å². The van der Waals surface area contributed by atoms with E-state index in [2.05, 4.69) is 54.7 Å². The Morgan fingerprint density at radius 3 is 2.50 bits per heavy atom. The standard InChI is InChI=1S/C32H33NO4S/c1-22-11-13-24(14-12-22)21-33-25-15-16-27-26(20-25)29(35-18-17-23-8-5-4-6-9-23)30(32(2,3)37-27)36-31(34)28-10-7-19-38-28/h4-16,19-20,29-30,33H,17-18,21H2,1-3H3. The maximum Gasteiger partial charge on any atom is 0.348 e. The maximum absolute atomic E-state index is 13.0. The van der Waals surface area contributed by atoms with Crippen molar-refractivity contribution in [2.75, 3.05) is 11.9 Å². The highest BCUT2D eigenvalue weighted by Crippen LogP contribution is 2.44. The first-order valence-electron chi connectivity index (χ1n) is 12.9. The first-order valence-corrected chi connectivity index (χ1v) is 13.8. The van der Waals surface area contributed by atoms with Crippen LogP contribution in [0.1, 0.15) is 51.9 Å². The molecule has 2 heterocycles. The summed E-state index contributed by atoms with van der Waals surface area (Å²) in [5, 5.41) is 5.38. The van der Waals surface area contributed by atoms with E-state index in [0.717, 1.165) is 23.4 Å². The lowest BCUT2D eigenvalue weighted by molar-refractivity contribution is -0.139. The first-order chi connectivity index (χ1) is 18.4. The number of rotatable bonds is 9. The summed E-state index contributed by atoms with van der Waals surface area (Å²) < 4.78 is 19.0. The van der Waals surface area contributed by atoms with Crippen LogP contribution < -0.4 is 10.1 Å². The minimum atomic E-state index is -0.784. The van der Waals surface area contributed by atoms with E-state index in [9.17, 15) is 4.79 Å². The van der Waals surface area contributed by atoms with Crippen LogP contribution >= 0.6 is 11.3 Å². The number of hydrogen-bond acceptors (Lipinski definition) is 6. The summed E-state index contributed by atoms with van der Waals surface area (Å²) in [6, 6.07) is 28.4. The average Bonchev–Trinajstić information content (AvgIpc) is 3.46. The predicted molar refractivity (Wildman–Crippen MR) is 152 cm³/mol. The van der Waals surface area contributed by atoms with E-state index < -0.39 is 17.8 Å². The molecule has 1 aromatic heterocycles. The highest BCUT2D eigenvalue weighted by atomic mass is 32.1. The number of esters is 1. The molecule has 5 rings (SSSR count). The molecule has 1 N–H and O–H groups in total. The lowest BCUT2D eigenvalue weighted by Gasteiger charge is -2.43. The van der Waals surface area contributed by atoms with Crippen LogP contribution in [0.4, 0.5) is 5.69 Å². The molecule has 3 aromatic carbocycles. The van der Waals surface area contributed by atoms with Crippen LogP contribution in [-0.4, -0.2) is 24.3 Å². The number of thiophene rings is 1. The number of anilines is 1. The summed E-state index contributed by atoms with van der Waals surface area (Å²) in [5.41, 5.74) is 4.67. The summed E-state index contributed by atoms with van der Waals surface area (Å²) >= 11 is 1.36. The second-order valence-electron chi connectivity index (χ2n) is 10.1. The normalized spacial score (nSPS) is 17.8. The summed E-state index contributed by atoms with van der Waals surface area (Å²) in [7, 11) is 0. The lowest BCUT2D eigenvalue weighted by Crippen LogP contribution is -2.51. The van der Waals surface area contributed by atoms with Gasteiger partial charge in [0.05, 0.1) is 6.61 Å². The number of benzene rings is 3. The van der Waals surface area contributed by atoms with Crippen LogP contribution in [0, 0.1) is 6.92 Å². The Kier molecular flexibility index (Phi) is 7.82. The molecule has 0 aliphatic carbocycles. The quantitative estimate of drug-likeness (QED) is 0.230. The van der Waals surface area contributed by atoms with Gasteiger partial charge in [-0.15, -0.1) is 11.3 Å². The van der Waals surface area contributed by atoms with Gasteiger partial charge in [-0.25, -0.2) is 4.79 Å². The maximum atomic E-state index is 13.0. The van der Waals surface area contributed by atoms with Crippen molar-refractivity contribution >= 4 is 23.0 Å². The number of ether oxygens (including phenoxy) is 3. The largest absolute Gasteiger partial charge is 0.483 e. The second-order valence-corrected chi connectivity index (χ2v) is 11.1. The van der Waals surface area contributed by atoms with E-state index in [-0.39, 0.29) is 5.97 Å². The molecule has 0 spiro atoms. The van der Waals surface area contributed by atoms with Crippen molar-refractivity contribution in [3.8, 4) is 5.75 Å². The van der Waals surface area contributed by atoms with Gasteiger partial charge >= 0.3 is 5.97 Å². The number of fused-ring (bicyclic) bond motifs is 1. The second kappa shape index (κ2) is 11.4. The van der Waals surface area contributed by atoms with Gasteiger partial charge in [0, 0.05) is 17.8 Å². The van der Waals surface area contributed by atoms with Crippen molar-refractivity contribution in [3.63, 3.8) is 0 Å². The van der Waals surface area contributed by atoms with Gasteiger partial charge in [0.25, 0.3) is 0 Å². The number of hydrogen-bond donors (Lipinski definition) is 1. The van der Waals surface area contributed by atoms with Crippen molar-refractivity contribution in [1.29, 1.82) is 0 Å². The molecule has 0 radical (unpaired) electrons. The van der Waals surface area contributed by atoms with E-state index >= 15 is 0 Å². The molecule has 6 heteroatoms. The molecule has 0 bridgehead atoms. The molecule has 0 fully saturated rings. The van der Waals surface area contributed by atoms with Gasteiger partial charge in [-0.3, -0.25) is 0 Å². The zero-order chi connectivity index (χ0) is 26.5. The third-order valence-electron chi connectivity index (χ3n) is 6.75. The Morgan fingerprint density at radius 2 is 1.76 bits per heavy atom. The molecular weight excluding hydrogens is 494 g/mol. The lowest BCUT2D eigenvalue weighted by atomic mass is 9.87. The number of nitrogens with one attached hydrogen (secondary N) is 1. The Balaban J connectivity index is 1.41. The fraction of sp³-hybridized carbons (Fsp3) is 0.281. The minimum absolute atomic E-state index is 0.365. The van der Waals surface area contributed by atoms with E-state index in [1.807, 2.05) is 55.6 Å². The molecule has 2 atom stereocenters. The SMILES string of the molecule is Cc1ccc(CNc2ccc3c(c2)C(OCCc2ccccc2)C(OC(=O)c2cccs2)C(C)(C)O3)cc1. The molecule has 1 aliphatic heterocycles. The molecule has 0 amide bonds. The van der Waals surface area contributed by atoms with Gasteiger partial charge in [0.2, 0.25) is 0 Å². The highest BCUT2D eigenvalue weighted by molar-refractivity contribution is 7.11. The van der Waals surface area contributed by atoms with Gasteiger partial charge < -0.3 is 19.5 Å². The summed E-state index contributed by atoms with van der Waals surface area (Å²) in [4.78, 5) is 13.6. The van der Waals surface area contributed by atoms with Gasteiger partial charge in [0.1, 0.15) is 22.3 Å². The van der Waals surface area contributed by atoms with E-state index in [1.54, 1.807) is 6.07 Å². The van der Waals surface area contributed by atoms with Gasteiger partial charge in [-0.2, -0.15) is 0 Å². The minimum Gasteiger partial charge on any atom is -0.483 e. The predicted octanol–water partition coefficient (Wildman–Crippen LogP) is 7.37. The third-order valence-corrected chi connectivity index (χ3v) is 7.60. The number of carbonyl (C=O) groups is 1. The summed E-state index contributed by atoms with van der Waals surface area (Å²) in [6.07, 6.45) is -0.361. The fourth-order valence-corrected chi connectivity index (χ4v) is 5.26. The number of carbonyl (C=O) groups excluding carboxylic acids is 1. The fourth-order valence-electron chi connectivity index (χ4n) is 4.65. The zero-order valence-electron chi connectivity index (χ0n) is 22.0. The van der Waals surface area contributed by atoms with Crippen molar-refractivity contribution < 1.29 is 19.0 Å². The molecule has 5 nitrogen and oxygen atoms in total. The molecule has 38 heavy (non-hydrogen) atoms. The molecule has 4 aromatic rings. The molecule has 1 aliphatic rings. The van der Waals surface area contributed by atoms with Crippen molar-refractivity contribution in [3.05, 3.63) is 117 Å². The average molecular weight is 528 g/mol. The van der Waals surface area contributed by atoms with Gasteiger partial charge in [-0.05, 0) is 68.0 Å². The molecular formula is C32H33NO4S. The molecule has 0 saturated carbocycles. The van der Waals surface area contributed by atoms with Crippen molar-refractivity contribution in [2.45, 2.75) is 51.5 Å². The zero-order valence-corrected chi connectivity index (χ0v) is 22.8.